The Labute approximate surface area is 136 Å². The Kier molecular flexibility index (Phi) is 7.03. The summed E-state index contributed by atoms with van der Waals surface area (Å²) in [4.78, 5) is 28.6. The first-order valence-electron chi connectivity index (χ1n) is 7.75. The summed E-state index contributed by atoms with van der Waals surface area (Å²) in [6, 6.07) is 4.14. The molecule has 1 aromatic carbocycles. The topological polar surface area (TPSA) is 84.9 Å². The summed E-state index contributed by atoms with van der Waals surface area (Å²) < 4.78 is 5.27. The van der Waals surface area contributed by atoms with Crippen LogP contribution in [0.1, 0.15) is 67.7 Å². The fourth-order valence-electron chi connectivity index (χ4n) is 1.82. The molecule has 6 nitrogen and oxygen atoms in total. The van der Waals surface area contributed by atoms with E-state index in [-0.39, 0.29) is 16.9 Å². The zero-order valence-electron chi connectivity index (χ0n) is 14.1. The van der Waals surface area contributed by atoms with Crippen LogP contribution in [0.2, 0.25) is 0 Å². The second kappa shape index (κ2) is 8.53. The molecule has 6 heteroatoms. The van der Waals surface area contributed by atoms with E-state index in [1.54, 1.807) is 20.8 Å². The van der Waals surface area contributed by atoms with E-state index >= 15 is 0 Å². The number of aromatic carboxylic acids is 1. The molecule has 0 radical (unpaired) electrons. The van der Waals surface area contributed by atoms with Crippen LogP contribution in [0.25, 0.3) is 0 Å². The van der Waals surface area contributed by atoms with E-state index in [0.717, 1.165) is 19.3 Å². The Bertz CT molecular complexity index is 548. The van der Waals surface area contributed by atoms with Gasteiger partial charge < -0.3 is 14.7 Å². The number of hydroxylamine groups is 1. The van der Waals surface area contributed by atoms with E-state index in [1.165, 1.54) is 18.2 Å². The van der Waals surface area contributed by atoms with Gasteiger partial charge in [0.2, 0.25) is 0 Å². The van der Waals surface area contributed by atoms with Crippen molar-refractivity contribution < 1.29 is 24.3 Å². The Morgan fingerprint density at radius 3 is 2.48 bits per heavy atom. The maximum Gasteiger partial charge on any atom is 0.339 e. The van der Waals surface area contributed by atoms with Gasteiger partial charge in [-0.25, -0.2) is 9.59 Å². The largest absolute Gasteiger partial charge is 0.478 e. The average molecular weight is 323 g/mol. The van der Waals surface area contributed by atoms with E-state index in [2.05, 4.69) is 12.4 Å². The van der Waals surface area contributed by atoms with Gasteiger partial charge in [0, 0.05) is 6.54 Å². The molecule has 0 saturated heterocycles. The number of unbranched alkanes of at least 4 members (excludes halogenated alkanes) is 2. The minimum Gasteiger partial charge on any atom is -0.478 e. The van der Waals surface area contributed by atoms with Crippen LogP contribution in [0.15, 0.2) is 18.2 Å². The number of nitrogens with one attached hydrogen (secondary N) is 1. The highest BCUT2D eigenvalue weighted by Crippen LogP contribution is 2.22. The zero-order valence-corrected chi connectivity index (χ0v) is 14.1. The fraction of sp³-hybridized carbons (Fsp3) is 0.529. The predicted molar refractivity (Wildman–Crippen MR) is 86.7 cm³/mol. The summed E-state index contributed by atoms with van der Waals surface area (Å²) in [7, 11) is 0. The van der Waals surface area contributed by atoms with Crippen LogP contribution in [0.5, 0.6) is 5.75 Å². The monoisotopic (exact) mass is 323 g/mol. The Morgan fingerprint density at radius 1 is 1.22 bits per heavy atom. The third-order valence-electron chi connectivity index (χ3n) is 2.91. The van der Waals surface area contributed by atoms with Gasteiger partial charge in [-0.3, -0.25) is 0 Å². The van der Waals surface area contributed by atoms with Crippen LogP contribution in [-0.2, 0) is 4.74 Å². The number of carbonyl (C=O) groups is 2. The minimum absolute atomic E-state index is 0.0136. The summed E-state index contributed by atoms with van der Waals surface area (Å²) in [5.74, 6) is -1.55. The van der Waals surface area contributed by atoms with Crippen LogP contribution in [0.4, 0.5) is 0 Å². The molecule has 0 bridgehead atoms. The third kappa shape index (κ3) is 6.69. The van der Waals surface area contributed by atoms with Crippen molar-refractivity contribution in [1.82, 2.24) is 5.48 Å². The lowest BCUT2D eigenvalue weighted by Gasteiger charge is -2.20. The van der Waals surface area contributed by atoms with Crippen molar-refractivity contribution in [2.45, 2.75) is 52.6 Å². The smallest absolute Gasteiger partial charge is 0.339 e. The lowest BCUT2D eigenvalue weighted by atomic mass is 10.1. The summed E-state index contributed by atoms with van der Waals surface area (Å²) in [5, 5.41) is 9.20. The second-order valence-corrected chi connectivity index (χ2v) is 6.22. The number of ether oxygens (including phenoxy) is 1. The van der Waals surface area contributed by atoms with Crippen LogP contribution in [0.3, 0.4) is 0 Å². The molecule has 0 unspecified atom stereocenters. The molecule has 1 aromatic rings. The van der Waals surface area contributed by atoms with Gasteiger partial charge in [0.1, 0.15) is 11.2 Å². The van der Waals surface area contributed by atoms with Gasteiger partial charge in [-0.05, 0) is 45.4 Å². The second-order valence-electron chi connectivity index (χ2n) is 6.22. The fourth-order valence-corrected chi connectivity index (χ4v) is 1.82. The van der Waals surface area contributed by atoms with Crippen LogP contribution in [-0.4, -0.2) is 29.2 Å². The molecule has 0 spiro atoms. The van der Waals surface area contributed by atoms with Crippen molar-refractivity contribution in [2.24, 2.45) is 0 Å². The molecule has 0 aliphatic carbocycles. The molecule has 23 heavy (non-hydrogen) atoms. The van der Waals surface area contributed by atoms with Gasteiger partial charge in [0.25, 0.3) is 0 Å². The molecule has 0 aromatic heterocycles. The lowest BCUT2D eigenvalue weighted by molar-refractivity contribution is 0.00683. The van der Waals surface area contributed by atoms with Crippen molar-refractivity contribution >= 4 is 11.9 Å². The number of rotatable bonds is 8. The number of hydrogen-bond donors (Lipinski definition) is 2. The molecule has 0 aliphatic rings. The predicted octanol–water partition coefficient (Wildman–Crippen LogP) is 3.41. The van der Waals surface area contributed by atoms with Crippen molar-refractivity contribution in [3.8, 4) is 5.75 Å². The third-order valence-corrected chi connectivity index (χ3v) is 2.91. The number of carboxylic acid groups (broad SMARTS) is 1. The molecule has 2 N–H and O–H groups in total. The maximum atomic E-state index is 12.1. The van der Waals surface area contributed by atoms with Gasteiger partial charge in [0.05, 0.1) is 5.56 Å². The number of hydrogen-bond acceptors (Lipinski definition) is 5. The number of carboxylic acids is 1. The summed E-state index contributed by atoms with van der Waals surface area (Å²) in [6.07, 6.45) is 3.06. The minimum atomic E-state index is -1.12. The normalized spacial score (nSPS) is 11.1. The Balaban J connectivity index is 2.85. The average Bonchev–Trinajstić information content (AvgIpc) is 2.44. The van der Waals surface area contributed by atoms with Gasteiger partial charge >= 0.3 is 11.9 Å². The maximum absolute atomic E-state index is 12.1. The van der Waals surface area contributed by atoms with Crippen molar-refractivity contribution in [3.05, 3.63) is 29.3 Å². The molecular formula is C17H25NO5. The van der Waals surface area contributed by atoms with E-state index in [4.69, 9.17) is 9.57 Å². The van der Waals surface area contributed by atoms with Crippen LogP contribution in [0, 0.1) is 0 Å². The van der Waals surface area contributed by atoms with Crippen molar-refractivity contribution in [1.29, 1.82) is 0 Å². The molecule has 0 saturated carbocycles. The van der Waals surface area contributed by atoms with Gasteiger partial charge in [-0.1, -0.05) is 19.8 Å². The van der Waals surface area contributed by atoms with Crippen molar-refractivity contribution in [3.63, 3.8) is 0 Å². The standard InChI is InChI=1S/C17H25NO5/c1-5-6-7-10-18-23-14-11-12(8-9-13(14)15(19)20)16(21)22-17(2,3)4/h8-9,11,18H,5-7,10H2,1-4H3,(H,19,20). The molecule has 0 amide bonds. The molecule has 0 atom stereocenters. The van der Waals surface area contributed by atoms with Crippen LogP contribution >= 0.6 is 0 Å². The molecule has 128 valence electrons. The SMILES string of the molecule is CCCCCNOc1cc(C(=O)OC(C)(C)C)ccc1C(=O)O. The van der Waals surface area contributed by atoms with Gasteiger partial charge in [0.15, 0.2) is 5.75 Å². The highest BCUT2D eigenvalue weighted by atomic mass is 16.6. The summed E-state index contributed by atoms with van der Waals surface area (Å²) in [6.45, 7) is 7.99. The highest BCUT2D eigenvalue weighted by Gasteiger charge is 2.20. The Hall–Kier alpha value is -2.08. The molecule has 0 fully saturated rings. The Morgan fingerprint density at radius 2 is 1.91 bits per heavy atom. The molecule has 1 rings (SSSR count). The first kappa shape index (κ1) is 19.0. The van der Waals surface area contributed by atoms with E-state index in [1.807, 2.05) is 0 Å². The van der Waals surface area contributed by atoms with E-state index in [0.29, 0.717) is 6.54 Å². The van der Waals surface area contributed by atoms with E-state index < -0.39 is 17.5 Å². The first-order valence-corrected chi connectivity index (χ1v) is 7.75. The summed E-state index contributed by atoms with van der Waals surface area (Å²) in [5.41, 5.74) is 2.34. The summed E-state index contributed by atoms with van der Waals surface area (Å²) >= 11 is 0. The number of benzene rings is 1. The molecular weight excluding hydrogens is 298 g/mol. The lowest BCUT2D eigenvalue weighted by Crippen LogP contribution is -2.24. The zero-order chi connectivity index (χ0) is 17.5. The molecule has 0 heterocycles. The number of carbonyl (C=O) groups excluding carboxylic acids is 1. The highest BCUT2D eigenvalue weighted by molar-refractivity contribution is 5.95. The molecule has 0 aliphatic heterocycles. The van der Waals surface area contributed by atoms with Gasteiger partial charge in [-0.2, -0.15) is 5.48 Å². The quantitative estimate of drug-likeness (QED) is 0.433. The van der Waals surface area contributed by atoms with E-state index in [9.17, 15) is 14.7 Å². The first-order chi connectivity index (χ1) is 10.7. The number of esters is 1. The van der Waals surface area contributed by atoms with Crippen LogP contribution < -0.4 is 10.3 Å². The van der Waals surface area contributed by atoms with Gasteiger partial charge in [-0.15, -0.1) is 0 Å². The van der Waals surface area contributed by atoms with Crippen molar-refractivity contribution in [2.75, 3.05) is 6.54 Å².